The van der Waals surface area contributed by atoms with Gasteiger partial charge in [-0.1, -0.05) is 13.0 Å². The molecule has 0 spiro atoms. The van der Waals surface area contributed by atoms with Crippen LogP contribution in [0.25, 0.3) is 0 Å². The van der Waals surface area contributed by atoms with Crippen LogP contribution in [0.5, 0.6) is 0 Å². The standard InChI is InChI=1S/C11H12BrFO2/c1-2-6-15-7-10(14)11-8(12)4-3-5-9(11)13/h3-5H,2,6-7H2,1H3. The number of halogens is 2. The van der Waals surface area contributed by atoms with Crippen molar-refractivity contribution in [3.63, 3.8) is 0 Å². The number of benzene rings is 1. The Labute approximate surface area is 96.6 Å². The second-order valence-corrected chi connectivity index (χ2v) is 3.93. The summed E-state index contributed by atoms with van der Waals surface area (Å²) in [6.45, 7) is 2.38. The van der Waals surface area contributed by atoms with Gasteiger partial charge in [0, 0.05) is 11.1 Å². The Kier molecular flexibility index (Phi) is 4.91. The van der Waals surface area contributed by atoms with Crippen LogP contribution < -0.4 is 0 Å². The van der Waals surface area contributed by atoms with Crippen LogP contribution in [0, 0.1) is 5.82 Å². The third-order valence-electron chi connectivity index (χ3n) is 1.82. The van der Waals surface area contributed by atoms with E-state index in [1.165, 1.54) is 6.07 Å². The Balaban J connectivity index is 2.73. The molecule has 0 N–H and O–H groups in total. The first-order valence-corrected chi connectivity index (χ1v) is 5.51. The highest BCUT2D eigenvalue weighted by Crippen LogP contribution is 2.20. The predicted molar refractivity (Wildman–Crippen MR) is 59.5 cm³/mol. The van der Waals surface area contributed by atoms with E-state index in [2.05, 4.69) is 15.9 Å². The summed E-state index contributed by atoms with van der Waals surface area (Å²) in [6.07, 6.45) is 0.839. The highest BCUT2D eigenvalue weighted by atomic mass is 79.9. The average molecular weight is 275 g/mol. The quantitative estimate of drug-likeness (QED) is 0.609. The highest BCUT2D eigenvalue weighted by Gasteiger charge is 2.14. The lowest BCUT2D eigenvalue weighted by molar-refractivity contribution is 0.0756. The molecule has 0 aromatic heterocycles. The van der Waals surface area contributed by atoms with Gasteiger partial charge in [0.15, 0.2) is 5.78 Å². The van der Waals surface area contributed by atoms with Crippen molar-refractivity contribution in [1.29, 1.82) is 0 Å². The van der Waals surface area contributed by atoms with Gasteiger partial charge >= 0.3 is 0 Å². The van der Waals surface area contributed by atoms with E-state index in [1.807, 2.05) is 6.92 Å². The molecular weight excluding hydrogens is 263 g/mol. The number of hydrogen-bond acceptors (Lipinski definition) is 2. The Morgan fingerprint density at radius 3 is 2.87 bits per heavy atom. The van der Waals surface area contributed by atoms with Gasteiger partial charge in [0.25, 0.3) is 0 Å². The molecule has 82 valence electrons. The van der Waals surface area contributed by atoms with Crippen LogP contribution in [0.15, 0.2) is 22.7 Å². The van der Waals surface area contributed by atoms with Gasteiger partial charge in [0.1, 0.15) is 12.4 Å². The van der Waals surface area contributed by atoms with Gasteiger partial charge in [-0.3, -0.25) is 4.79 Å². The van der Waals surface area contributed by atoms with Crippen molar-refractivity contribution in [1.82, 2.24) is 0 Å². The summed E-state index contributed by atoms with van der Waals surface area (Å²) in [4.78, 5) is 11.6. The summed E-state index contributed by atoms with van der Waals surface area (Å²) in [5, 5.41) is 0. The van der Waals surface area contributed by atoms with E-state index in [9.17, 15) is 9.18 Å². The van der Waals surface area contributed by atoms with E-state index in [-0.39, 0.29) is 18.0 Å². The molecule has 1 rings (SSSR count). The minimum absolute atomic E-state index is 0.0635. The van der Waals surface area contributed by atoms with Crippen LogP contribution in [0.2, 0.25) is 0 Å². The molecule has 0 aliphatic carbocycles. The van der Waals surface area contributed by atoms with Crippen molar-refractivity contribution >= 4 is 21.7 Å². The minimum atomic E-state index is -0.519. The maximum Gasteiger partial charge on any atom is 0.192 e. The molecule has 1 aromatic carbocycles. The highest BCUT2D eigenvalue weighted by molar-refractivity contribution is 9.10. The maximum atomic E-state index is 13.3. The third-order valence-corrected chi connectivity index (χ3v) is 2.48. The van der Waals surface area contributed by atoms with Gasteiger partial charge in [0.05, 0.1) is 5.56 Å². The molecule has 0 radical (unpaired) electrons. The molecule has 4 heteroatoms. The second kappa shape index (κ2) is 5.98. The number of ether oxygens (including phenoxy) is 1. The minimum Gasteiger partial charge on any atom is -0.373 e. The summed E-state index contributed by atoms with van der Waals surface area (Å²) in [5.41, 5.74) is 0.0635. The number of ketones is 1. The van der Waals surface area contributed by atoms with E-state index in [0.717, 1.165) is 6.42 Å². The lowest BCUT2D eigenvalue weighted by Gasteiger charge is -2.05. The first-order valence-electron chi connectivity index (χ1n) is 4.71. The monoisotopic (exact) mass is 274 g/mol. The first-order chi connectivity index (χ1) is 7.16. The van der Waals surface area contributed by atoms with Crippen LogP contribution in [0.4, 0.5) is 4.39 Å². The fourth-order valence-corrected chi connectivity index (χ4v) is 1.71. The molecule has 1 aromatic rings. The Bertz CT molecular complexity index is 332. The van der Waals surface area contributed by atoms with Crippen LogP contribution >= 0.6 is 15.9 Å². The van der Waals surface area contributed by atoms with Crippen molar-refractivity contribution in [3.8, 4) is 0 Å². The fourth-order valence-electron chi connectivity index (χ4n) is 1.15. The smallest absolute Gasteiger partial charge is 0.192 e. The van der Waals surface area contributed by atoms with Gasteiger partial charge in [-0.2, -0.15) is 0 Å². The number of rotatable bonds is 5. The van der Waals surface area contributed by atoms with Crippen LogP contribution in [-0.4, -0.2) is 19.0 Å². The van der Waals surface area contributed by atoms with Crippen LogP contribution in [0.3, 0.4) is 0 Å². The zero-order valence-corrected chi connectivity index (χ0v) is 10.0. The van der Waals surface area contributed by atoms with E-state index in [1.54, 1.807) is 12.1 Å². The molecular formula is C11H12BrFO2. The number of carbonyl (C=O) groups excluding carboxylic acids is 1. The lowest BCUT2D eigenvalue weighted by Crippen LogP contribution is -2.12. The normalized spacial score (nSPS) is 10.3. The topological polar surface area (TPSA) is 26.3 Å². The van der Waals surface area contributed by atoms with Crippen LogP contribution in [-0.2, 0) is 4.74 Å². The maximum absolute atomic E-state index is 13.3. The van der Waals surface area contributed by atoms with Crippen molar-refractivity contribution in [2.24, 2.45) is 0 Å². The van der Waals surface area contributed by atoms with Gasteiger partial charge in [-0.15, -0.1) is 0 Å². The van der Waals surface area contributed by atoms with E-state index < -0.39 is 5.82 Å². The van der Waals surface area contributed by atoms with Crippen molar-refractivity contribution in [2.45, 2.75) is 13.3 Å². The molecule has 0 saturated heterocycles. The molecule has 0 aliphatic heterocycles. The van der Waals surface area contributed by atoms with E-state index in [4.69, 9.17) is 4.74 Å². The van der Waals surface area contributed by atoms with Gasteiger partial charge < -0.3 is 4.74 Å². The molecule has 0 amide bonds. The average Bonchev–Trinajstić information content (AvgIpc) is 2.18. The molecule has 0 atom stereocenters. The Morgan fingerprint density at radius 2 is 2.27 bits per heavy atom. The SMILES string of the molecule is CCCOCC(=O)c1c(F)cccc1Br. The van der Waals surface area contributed by atoms with E-state index in [0.29, 0.717) is 11.1 Å². The van der Waals surface area contributed by atoms with Crippen molar-refractivity contribution < 1.29 is 13.9 Å². The number of hydrogen-bond donors (Lipinski definition) is 0. The number of carbonyl (C=O) groups is 1. The van der Waals surface area contributed by atoms with Crippen molar-refractivity contribution in [3.05, 3.63) is 34.1 Å². The van der Waals surface area contributed by atoms with Crippen LogP contribution in [0.1, 0.15) is 23.7 Å². The predicted octanol–water partition coefficient (Wildman–Crippen LogP) is 3.20. The summed E-state index contributed by atoms with van der Waals surface area (Å²) in [6, 6.07) is 4.44. The summed E-state index contributed by atoms with van der Waals surface area (Å²) >= 11 is 3.14. The first kappa shape index (κ1) is 12.3. The van der Waals surface area contributed by atoms with Gasteiger partial charge in [-0.05, 0) is 34.5 Å². The summed E-state index contributed by atoms with van der Waals surface area (Å²) < 4.78 is 18.8. The van der Waals surface area contributed by atoms with Gasteiger partial charge in [-0.25, -0.2) is 4.39 Å². The fraction of sp³-hybridized carbons (Fsp3) is 0.364. The zero-order chi connectivity index (χ0) is 11.3. The molecule has 0 heterocycles. The van der Waals surface area contributed by atoms with Gasteiger partial charge in [0.2, 0.25) is 0 Å². The molecule has 0 aliphatic rings. The second-order valence-electron chi connectivity index (χ2n) is 3.07. The lowest BCUT2D eigenvalue weighted by atomic mass is 10.1. The molecule has 0 unspecified atom stereocenters. The zero-order valence-electron chi connectivity index (χ0n) is 8.43. The van der Waals surface area contributed by atoms with Crippen molar-refractivity contribution in [2.75, 3.05) is 13.2 Å². The molecule has 0 fully saturated rings. The molecule has 2 nitrogen and oxygen atoms in total. The third kappa shape index (κ3) is 3.39. The largest absolute Gasteiger partial charge is 0.373 e. The number of Topliss-reactive ketones (excluding diaryl/α,β-unsaturated/α-hetero) is 1. The Morgan fingerprint density at radius 1 is 1.53 bits per heavy atom. The molecule has 0 bridgehead atoms. The molecule has 0 saturated carbocycles. The summed E-state index contributed by atoms with van der Waals surface area (Å²) in [5.74, 6) is -0.858. The van der Waals surface area contributed by atoms with E-state index >= 15 is 0 Å². The molecule has 15 heavy (non-hydrogen) atoms. The summed E-state index contributed by atoms with van der Waals surface area (Å²) in [7, 11) is 0. The Hall–Kier alpha value is -0.740.